The van der Waals surface area contributed by atoms with Gasteiger partial charge in [0.1, 0.15) is 11.3 Å². The molecule has 0 spiro atoms. The lowest BCUT2D eigenvalue weighted by Gasteiger charge is -2.34. The first-order valence-corrected chi connectivity index (χ1v) is 13.2. The van der Waals surface area contributed by atoms with Gasteiger partial charge in [-0.2, -0.15) is 23.1 Å². The van der Waals surface area contributed by atoms with E-state index in [4.69, 9.17) is 9.47 Å². The first kappa shape index (κ1) is 24.6. The van der Waals surface area contributed by atoms with Gasteiger partial charge in [0.2, 0.25) is 0 Å². The number of hydrogen-bond acceptors (Lipinski definition) is 7. The Labute approximate surface area is 214 Å². The Balaban J connectivity index is 1.34. The van der Waals surface area contributed by atoms with Crippen molar-refractivity contribution < 1.29 is 27.0 Å². The normalized spacial score (nSPS) is 26.0. The van der Waals surface area contributed by atoms with Crippen LogP contribution in [0.25, 0.3) is 10.9 Å². The number of piperazine rings is 1. The average Bonchev–Trinajstić information content (AvgIpc) is 3.54. The summed E-state index contributed by atoms with van der Waals surface area (Å²) in [5.41, 5.74) is -1.26. The number of morpholine rings is 1. The molecule has 2 atom stereocenters. The zero-order valence-electron chi connectivity index (χ0n) is 19.7. The van der Waals surface area contributed by atoms with E-state index in [1.54, 1.807) is 0 Å². The van der Waals surface area contributed by atoms with Crippen molar-refractivity contribution in [3.63, 3.8) is 0 Å². The Kier molecular flexibility index (Phi) is 6.29. The molecule has 3 aliphatic heterocycles. The van der Waals surface area contributed by atoms with E-state index in [0.717, 1.165) is 64.6 Å². The smallest absolute Gasteiger partial charge is 0.417 e. The summed E-state index contributed by atoms with van der Waals surface area (Å²) >= 11 is 2.81. The third-order valence-electron chi connectivity index (χ3n) is 7.78. The fraction of sp³-hybridized carbons (Fsp3) is 0.667. The average molecular weight is 574 g/mol. The van der Waals surface area contributed by atoms with E-state index < -0.39 is 22.0 Å². The highest BCUT2D eigenvalue weighted by Gasteiger charge is 2.45. The van der Waals surface area contributed by atoms with Gasteiger partial charge in [0, 0.05) is 55.6 Å². The lowest BCUT2D eigenvalue weighted by Crippen LogP contribution is -2.51. The molecule has 6 rings (SSSR count). The number of nitrogens with zero attached hydrogens (tertiary/aromatic N) is 4. The molecule has 12 heteroatoms. The number of rotatable bonds is 6. The van der Waals surface area contributed by atoms with Gasteiger partial charge < -0.3 is 19.7 Å². The van der Waals surface area contributed by atoms with Crippen LogP contribution < -0.4 is 15.0 Å². The number of fused-ring (bicyclic) bond motifs is 3. The molecule has 2 aromatic rings. The second-order valence-electron chi connectivity index (χ2n) is 10.5. The molecule has 2 unspecified atom stereocenters. The SMILES string of the molecule is Fc1c(Br)c(C(F)(F)F)cc2c(N3CC4CCC(C3)N4)nc(OCC3(CN4CCOCC4)CC3)nc12. The minimum absolute atomic E-state index is 0.00203. The van der Waals surface area contributed by atoms with E-state index in [0.29, 0.717) is 25.5 Å². The van der Waals surface area contributed by atoms with Crippen LogP contribution in [0.4, 0.5) is 23.4 Å². The van der Waals surface area contributed by atoms with Crippen LogP contribution in [0.3, 0.4) is 0 Å². The summed E-state index contributed by atoms with van der Waals surface area (Å²) in [6.45, 7) is 5.63. The fourth-order valence-electron chi connectivity index (χ4n) is 5.63. The summed E-state index contributed by atoms with van der Waals surface area (Å²) in [6, 6.07) is 1.40. The van der Waals surface area contributed by atoms with Gasteiger partial charge in [0.25, 0.3) is 0 Å². The Morgan fingerprint density at radius 3 is 2.47 bits per heavy atom. The van der Waals surface area contributed by atoms with Crippen LogP contribution in [-0.2, 0) is 10.9 Å². The quantitative estimate of drug-likeness (QED) is 0.524. The van der Waals surface area contributed by atoms with Crippen molar-refractivity contribution in [1.82, 2.24) is 20.2 Å². The van der Waals surface area contributed by atoms with E-state index >= 15 is 4.39 Å². The summed E-state index contributed by atoms with van der Waals surface area (Å²) in [4.78, 5) is 13.1. The second-order valence-corrected chi connectivity index (χ2v) is 11.3. The van der Waals surface area contributed by atoms with Crippen molar-refractivity contribution in [2.75, 3.05) is 57.4 Å². The van der Waals surface area contributed by atoms with Crippen LogP contribution in [0.2, 0.25) is 0 Å². The number of nitrogens with one attached hydrogen (secondary N) is 1. The highest BCUT2D eigenvalue weighted by Crippen LogP contribution is 2.47. The third kappa shape index (κ3) is 4.77. The maximum atomic E-state index is 15.3. The highest BCUT2D eigenvalue weighted by molar-refractivity contribution is 9.10. The Bertz CT molecular complexity index is 1140. The lowest BCUT2D eigenvalue weighted by molar-refractivity contribution is -0.138. The zero-order chi connectivity index (χ0) is 25.1. The monoisotopic (exact) mass is 573 g/mol. The fourth-order valence-corrected chi connectivity index (χ4v) is 6.15. The highest BCUT2D eigenvalue weighted by atomic mass is 79.9. The predicted molar refractivity (Wildman–Crippen MR) is 129 cm³/mol. The van der Waals surface area contributed by atoms with E-state index in [2.05, 4.69) is 36.1 Å². The van der Waals surface area contributed by atoms with Crippen molar-refractivity contribution in [3.8, 4) is 6.01 Å². The van der Waals surface area contributed by atoms with E-state index in [-0.39, 0.29) is 34.4 Å². The van der Waals surface area contributed by atoms with Gasteiger partial charge in [-0.25, -0.2) is 4.39 Å². The molecule has 4 heterocycles. The van der Waals surface area contributed by atoms with E-state index in [1.165, 1.54) is 0 Å². The molecule has 36 heavy (non-hydrogen) atoms. The lowest BCUT2D eigenvalue weighted by atomic mass is 10.1. The maximum Gasteiger partial charge on any atom is 0.417 e. The van der Waals surface area contributed by atoms with Crippen molar-refractivity contribution in [2.24, 2.45) is 5.41 Å². The first-order valence-electron chi connectivity index (χ1n) is 12.4. The number of aromatic nitrogens is 2. The number of alkyl halides is 3. The molecule has 3 saturated heterocycles. The zero-order valence-corrected chi connectivity index (χ0v) is 21.3. The maximum absolute atomic E-state index is 15.3. The van der Waals surface area contributed by atoms with Crippen molar-refractivity contribution in [1.29, 1.82) is 0 Å². The summed E-state index contributed by atoms with van der Waals surface area (Å²) in [5.74, 6) is -0.760. The molecular weight excluding hydrogens is 546 g/mol. The molecule has 196 valence electrons. The molecule has 7 nitrogen and oxygen atoms in total. The van der Waals surface area contributed by atoms with Crippen LogP contribution in [0.15, 0.2) is 10.5 Å². The van der Waals surface area contributed by atoms with Crippen LogP contribution in [0.1, 0.15) is 31.2 Å². The minimum Gasteiger partial charge on any atom is -0.463 e. The molecule has 2 bridgehead atoms. The molecule has 4 aliphatic rings. The van der Waals surface area contributed by atoms with Gasteiger partial charge in [-0.05, 0) is 47.7 Å². The molecule has 1 aromatic heterocycles. The summed E-state index contributed by atoms with van der Waals surface area (Å²) in [6.07, 6.45) is -0.709. The van der Waals surface area contributed by atoms with Crippen LogP contribution in [-0.4, -0.2) is 79.5 Å². The minimum atomic E-state index is -4.72. The molecule has 1 aliphatic carbocycles. The Morgan fingerprint density at radius 2 is 1.83 bits per heavy atom. The summed E-state index contributed by atoms with van der Waals surface area (Å²) in [5, 5.41) is 3.56. The number of benzene rings is 1. The van der Waals surface area contributed by atoms with Gasteiger partial charge in [-0.15, -0.1) is 0 Å². The number of hydrogen-bond donors (Lipinski definition) is 1. The Morgan fingerprint density at radius 1 is 1.14 bits per heavy atom. The van der Waals surface area contributed by atoms with Crippen molar-refractivity contribution >= 4 is 32.7 Å². The molecule has 1 aromatic carbocycles. The van der Waals surface area contributed by atoms with Gasteiger partial charge >= 0.3 is 12.2 Å². The van der Waals surface area contributed by atoms with Crippen LogP contribution in [0, 0.1) is 11.2 Å². The first-order chi connectivity index (χ1) is 17.2. The number of anilines is 1. The molecular formula is C24H28BrF4N5O2. The molecule has 0 radical (unpaired) electrons. The summed E-state index contributed by atoms with van der Waals surface area (Å²) in [7, 11) is 0. The van der Waals surface area contributed by atoms with Gasteiger partial charge in [0.05, 0.1) is 29.9 Å². The standard InChI is InChI=1S/C24H28BrF4N5O2/c25-18-17(24(27,28)29)9-16-20(19(18)26)31-22(32-21(16)34-10-14-1-2-15(11-34)30-14)36-13-23(3-4-23)12-33-5-7-35-8-6-33/h9,14-15,30H,1-8,10-13H2. The van der Waals surface area contributed by atoms with E-state index in [1.807, 2.05) is 4.90 Å². The molecule has 0 amide bonds. The number of halogens is 5. The topological polar surface area (TPSA) is 62.8 Å². The Hall–Kier alpha value is -1.76. The van der Waals surface area contributed by atoms with Crippen molar-refractivity contribution in [3.05, 3.63) is 21.9 Å². The van der Waals surface area contributed by atoms with E-state index in [9.17, 15) is 13.2 Å². The molecule has 4 fully saturated rings. The third-order valence-corrected chi connectivity index (χ3v) is 8.55. The number of ether oxygens (including phenoxy) is 2. The molecule has 1 N–H and O–H groups in total. The van der Waals surface area contributed by atoms with Crippen molar-refractivity contribution in [2.45, 2.75) is 43.9 Å². The van der Waals surface area contributed by atoms with Gasteiger partial charge in [0.15, 0.2) is 5.82 Å². The molecule has 1 saturated carbocycles. The second kappa shape index (κ2) is 9.21. The van der Waals surface area contributed by atoms with Crippen LogP contribution >= 0.6 is 15.9 Å². The predicted octanol–water partition coefficient (Wildman–Crippen LogP) is 3.98. The largest absolute Gasteiger partial charge is 0.463 e. The van der Waals surface area contributed by atoms with Gasteiger partial charge in [-0.3, -0.25) is 4.90 Å². The summed E-state index contributed by atoms with van der Waals surface area (Å²) < 4.78 is 67.3. The van der Waals surface area contributed by atoms with Gasteiger partial charge in [-0.1, -0.05) is 0 Å². The van der Waals surface area contributed by atoms with Crippen LogP contribution in [0.5, 0.6) is 6.01 Å².